The molecule has 0 bridgehead atoms. The fourth-order valence-corrected chi connectivity index (χ4v) is 2.49. The van der Waals surface area contributed by atoms with Crippen molar-refractivity contribution in [1.29, 1.82) is 0 Å². The van der Waals surface area contributed by atoms with Gasteiger partial charge in [0.2, 0.25) is 0 Å². The lowest BCUT2D eigenvalue weighted by Gasteiger charge is -2.15. The van der Waals surface area contributed by atoms with E-state index in [1.165, 1.54) is 0 Å². The number of fused-ring (bicyclic) bond motifs is 1. The second-order valence-corrected chi connectivity index (χ2v) is 5.37. The van der Waals surface area contributed by atoms with Gasteiger partial charge in [-0.2, -0.15) is 17.7 Å². The molecule has 0 aromatic carbocycles. The van der Waals surface area contributed by atoms with Crippen molar-refractivity contribution in [2.75, 3.05) is 18.5 Å². The summed E-state index contributed by atoms with van der Waals surface area (Å²) in [5.41, 5.74) is 1.49. The standard InChI is InChI=1S/C13H16F3N5O/c1-7-8(2)11-18-19-12(13(14,15)16)21(11)20-10(7)17-6-9-4-3-5-22-9/h9H,3-6H2,1-2H3,(H,17,20)/t9-/m0/s1. The van der Waals surface area contributed by atoms with Gasteiger partial charge < -0.3 is 10.1 Å². The van der Waals surface area contributed by atoms with Crippen LogP contribution in [0, 0.1) is 13.8 Å². The fraction of sp³-hybridized carbons (Fsp3) is 0.615. The zero-order chi connectivity index (χ0) is 15.9. The minimum absolute atomic E-state index is 0.0696. The van der Waals surface area contributed by atoms with Gasteiger partial charge in [-0.15, -0.1) is 15.3 Å². The van der Waals surface area contributed by atoms with Crippen LogP contribution in [0.3, 0.4) is 0 Å². The van der Waals surface area contributed by atoms with Crippen molar-refractivity contribution < 1.29 is 17.9 Å². The lowest BCUT2D eigenvalue weighted by molar-refractivity contribution is -0.146. The number of aryl methyl sites for hydroxylation is 1. The molecule has 9 heteroatoms. The molecule has 0 spiro atoms. The number of hydrogen-bond acceptors (Lipinski definition) is 5. The molecule has 0 aliphatic carbocycles. The molecule has 0 amide bonds. The summed E-state index contributed by atoms with van der Waals surface area (Å²) in [6, 6.07) is 0. The highest BCUT2D eigenvalue weighted by Gasteiger charge is 2.38. The molecule has 3 rings (SSSR count). The minimum atomic E-state index is -4.60. The minimum Gasteiger partial charge on any atom is -0.376 e. The Bertz CT molecular complexity index is 691. The second kappa shape index (κ2) is 5.38. The number of halogens is 3. The topological polar surface area (TPSA) is 64.3 Å². The first-order valence-corrected chi connectivity index (χ1v) is 7.03. The van der Waals surface area contributed by atoms with Crippen LogP contribution in [0.5, 0.6) is 0 Å². The van der Waals surface area contributed by atoms with Crippen molar-refractivity contribution in [2.24, 2.45) is 0 Å². The van der Waals surface area contributed by atoms with Crippen LogP contribution in [0.15, 0.2) is 0 Å². The Morgan fingerprint density at radius 2 is 2.05 bits per heavy atom. The molecule has 2 aromatic heterocycles. The van der Waals surface area contributed by atoms with Crippen LogP contribution in [0.4, 0.5) is 19.0 Å². The summed E-state index contributed by atoms with van der Waals surface area (Å²) in [6.45, 7) is 4.74. The van der Waals surface area contributed by atoms with Crippen LogP contribution < -0.4 is 5.32 Å². The zero-order valence-electron chi connectivity index (χ0n) is 12.2. The molecule has 0 saturated carbocycles. The number of hydrogen-bond donors (Lipinski definition) is 1. The van der Waals surface area contributed by atoms with Gasteiger partial charge in [-0.3, -0.25) is 0 Å². The molecule has 6 nitrogen and oxygen atoms in total. The van der Waals surface area contributed by atoms with Gasteiger partial charge in [0.15, 0.2) is 5.65 Å². The zero-order valence-corrected chi connectivity index (χ0v) is 12.2. The predicted octanol–water partition coefficient (Wildman–Crippen LogP) is 2.35. The van der Waals surface area contributed by atoms with Crippen LogP contribution in [-0.2, 0) is 10.9 Å². The Balaban J connectivity index is 1.97. The number of nitrogens with zero attached hydrogens (tertiary/aromatic N) is 4. The highest BCUT2D eigenvalue weighted by Crippen LogP contribution is 2.29. The maximum absolute atomic E-state index is 12.9. The van der Waals surface area contributed by atoms with Gasteiger partial charge in [0.05, 0.1) is 6.10 Å². The number of aromatic nitrogens is 4. The van der Waals surface area contributed by atoms with E-state index in [0.29, 0.717) is 17.9 Å². The Hall–Kier alpha value is -1.90. The van der Waals surface area contributed by atoms with E-state index in [9.17, 15) is 13.2 Å². The molecule has 1 N–H and O–H groups in total. The summed E-state index contributed by atoms with van der Waals surface area (Å²) in [4.78, 5) is 0. The molecule has 1 aliphatic heterocycles. The second-order valence-electron chi connectivity index (χ2n) is 5.37. The number of ether oxygens (including phenoxy) is 1. The van der Waals surface area contributed by atoms with Crippen molar-refractivity contribution in [3.63, 3.8) is 0 Å². The third-order valence-electron chi connectivity index (χ3n) is 3.87. The van der Waals surface area contributed by atoms with E-state index in [0.717, 1.165) is 29.5 Å². The van der Waals surface area contributed by atoms with E-state index in [1.807, 2.05) is 0 Å². The average molecular weight is 315 g/mol. The normalized spacial score (nSPS) is 19.0. The lowest BCUT2D eigenvalue weighted by Crippen LogP contribution is -2.21. The fourth-order valence-electron chi connectivity index (χ4n) is 2.49. The van der Waals surface area contributed by atoms with Crippen molar-refractivity contribution in [3.8, 4) is 0 Å². The Morgan fingerprint density at radius 1 is 1.27 bits per heavy atom. The molecule has 2 aromatic rings. The summed E-state index contributed by atoms with van der Waals surface area (Å²) in [7, 11) is 0. The number of nitrogens with one attached hydrogen (secondary N) is 1. The Labute approximate surface area is 124 Å². The third-order valence-corrected chi connectivity index (χ3v) is 3.87. The van der Waals surface area contributed by atoms with Crippen molar-refractivity contribution in [3.05, 3.63) is 17.0 Å². The number of alkyl halides is 3. The van der Waals surface area contributed by atoms with Crippen LogP contribution in [0.25, 0.3) is 5.65 Å². The summed E-state index contributed by atoms with van der Waals surface area (Å²) in [5.74, 6) is -0.725. The first-order valence-electron chi connectivity index (χ1n) is 7.03. The quantitative estimate of drug-likeness (QED) is 0.942. The highest BCUT2D eigenvalue weighted by molar-refractivity contribution is 5.58. The maximum Gasteiger partial charge on any atom is 0.453 e. The molecule has 1 aliphatic rings. The smallest absolute Gasteiger partial charge is 0.376 e. The van der Waals surface area contributed by atoms with Gasteiger partial charge >= 0.3 is 6.18 Å². The molecule has 0 radical (unpaired) electrons. The van der Waals surface area contributed by atoms with Crippen molar-refractivity contribution >= 4 is 11.5 Å². The van der Waals surface area contributed by atoms with Crippen LogP contribution in [0.1, 0.15) is 29.8 Å². The molecule has 3 heterocycles. The van der Waals surface area contributed by atoms with E-state index in [2.05, 4.69) is 20.6 Å². The third kappa shape index (κ3) is 2.60. The maximum atomic E-state index is 12.9. The average Bonchev–Trinajstić information content (AvgIpc) is 3.09. The van der Waals surface area contributed by atoms with E-state index in [-0.39, 0.29) is 11.8 Å². The predicted molar refractivity (Wildman–Crippen MR) is 72.7 cm³/mol. The summed E-state index contributed by atoms with van der Waals surface area (Å²) >= 11 is 0. The van der Waals surface area contributed by atoms with Crippen LogP contribution in [-0.4, -0.2) is 39.1 Å². The lowest BCUT2D eigenvalue weighted by atomic mass is 10.2. The monoisotopic (exact) mass is 315 g/mol. The molecule has 0 unspecified atom stereocenters. The van der Waals surface area contributed by atoms with Gasteiger partial charge in [0.25, 0.3) is 5.82 Å². The van der Waals surface area contributed by atoms with Crippen molar-refractivity contribution in [1.82, 2.24) is 19.8 Å². The summed E-state index contributed by atoms with van der Waals surface area (Å²) < 4.78 is 45.1. The van der Waals surface area contributed by atoms with E-state index in [4.69, 9.17) is 4.74 Å². The first kappa shape index (κ1) is 15.0. The first-order chi connectivity index (χ1) is 10.4. The van der Waals surface area contributed by atoms with E-state index < -0.39 is 12.0 Å². The van der Waals surface area contributed by atoms with Gasteiger partial charge in [0.1, 0.15) is 5.82 Å². The molecule has 1 saturated heterocycles. The van der Waals surface area contributed by atoms with Crippen LogP contribution >= 0.6 is 0 Å². The molecule has 1 atom stereocenters. The number of rotatable bonds is 3. The molecule has 1 fully saturated rings. The summed E-state index contributed by atoms with van der Waals surface area (Å²) in [6.07, 6.45) is -2.59. The van der Waals surface area contributed by atoms with E-state index in [1.54, 1.807) is 13.8 Å². The SMILES string of the molecule is Cc1c(NC[C@@H]2CCCO2)nn2c(C(F)(F)F)nnc2c1C. The largest absolute Gasteiger partial charge is 0.453 e. The summed E-state index contributed by atoms with van der Waals surface area (Å²) in [5, 5.41) is 13.9. The molecule has 22 heavy (non-hydrogen) atoms. The van der Waals surface area contributed by atoms with E-state index >= 15 is 0 Å². The van der Waals surface area contributed by atoms with Gasteiger partial charge in [-0.25, -0.2) is 0 Å². The van der Waals surface area contributed by atoms with Crippen LogP contribution in [0.2, 0.25) is 0 Å². The highest BCUT2D eigenvalue weighted by atomic mass is 19.4. The Morgan fingerprint density at radius 3 is 2.68 bits per heavy atom. The van der Waals surface area contributed by atoms with Gasteiger partial charge in [-0.05, 0) is 32.3 Å². The van der Waals surface area contributed by atoms with Gasteiger partial charge in [-0.1, -0.05) is 0 Å². The molecular weight excluding hydrogens is 299 g/mol. The molecule has 120 valence electrons. The van der Waals surface area contributed by atoms with Gasteiger partial charge in [0, 0.05) is 18.7 Å². The van der Waals surface area contributed by atoms with Crippen molar-refractivity contribution in [2.45, 2.75) is 39.0 Å². The number of anilines is 1. The Kier molecular flexibility index (Phi) is 3.67. The molecular formula is C13H16F3N5O.